The van der Waals surface area contributed by atoms with Crippen molar-refractivity contribution in [1.29, 1.82) is 0 Å². The second kappa shape index (κ2) is 7.48. The van der Waals surface area contributed by atoms with Gasteiger partial charge in [0, 0.05) is 5.56 Å². The van der Waals surface area contributed by atoms with Crippen LogP contribution < -0.4 is 10.0 Å². The molecule has 0 N–H and O–H groups in total. The van der Waals surface area contributed by atoms with E-state index < -0.39 is 5.92 Å². The second-order valence-corrected chi connectivity index (χ2v) is 6.59. The number of hydrogen-bond acceptors (Lipinski definition) is 3. The largest absolute Gasteiger partial charge is 0.298 e. The van der Waals surface area contributed by atoms with E-state index in [1.807, 2.05) is 60.7 Å². The summed E-state index contributed by atoms with van der Waals surface area (Å²) in [6.07, 6.45) is 1.05. The second-order valence-electron chi connectivity index (χ2n) is 6.59. The summed E-state index contributed by atoms with van der Waals surface area (Å²) in [6, 6.07) is 25.2. The highest BCUT2D eigenvalue weighted by Crippen LogP contribution is 2.33. The van der Waals surface area contributed by atoms with Crippen LogP contribution in [0.1, 0.15) is 15.9 Å². The van der Waals surface area contributed by atoms with Crippen LogP contribution in [0.2, 0.25) is 0 Å². The number of benzene rings is 3. The minimum atomic E-state index is -0.817. The molecule has 5 heteroatoms. The van der Waals surface area contributed by atoms with Crippen LogP contribution in [0.5, 0.6) is 0 Å². The number of aldehydes is 1. The van der Waals surface area contributed by atoms with Gasteiger partial charge in [-0.1, -0.05) is 60.7 Å². The molecule has 1 aliphatic heterocycles. The van der Waals surface area contributed by atoms with Gasteiger partial charge in [0.05, 0.1) is 11.4 Å². The van der Waals surface area contributed by atoms with E-state index in [-0.39, 0.29) is 18.2 Å². The molecular formula is C23H18N2O3. The minimum absolute atomic E-state index is 0.264. The normalized spacial score (nSPS) is 14.6. The zero-order chi connectivity index (χ0) is 19.5. The monoisotopic (exact) mass is 370 g/mol. The highest BCUT2D eigenvalue weighted by Gasteiger charge is 2.46. The van der Waals surface area contributed by atoms with Crippen LogP contribution in [-0.2, 0) is 16.0 Å². The molecule has 0 unspecified atom stereocenters. The number of nitrogens with zero attached hydrogens (tertiary/aromatic N) is 2. The molecule has 1 heterocycles. The third kappa shape index (κ3) is 3.18. The van der Waals surface area contributed by atoms with Crippen molar-refractivity contribution in [2.24, 2.45) is 5.92 Å². The fourth-order valence-electron chi connectivity index (χ4n) is 3.36. The Kier molecular flexibility index (Phi) is 4.72. The van der Waals surface area contributed by atoms with Gasteiger partial charge in [-0.2, -0.15) is 0 Å². The summed E-state index contributed by atoms with van der Waals surface area (Å²) in [7, 11) is 0. The molecule has 0 atom stereocenters. The minimum Gasteiger partial charge on any atom is -0.298 e. The van der Waals surface area contributed by atoms with E-state index in [2.05, 4.69) is 0 Å². The van der Waals surface area contributed by atoms with Crippen LogP contribution in [-0.4, -0.2) is 18.1 Å². The molecule has 1 aliphatic rings. The van der Waals surface area contributed by atoms with Crippen LogP contribution >= 0.6 is 0 Å². The maximum Gasteiger partial charge on any atom is 0.259 e. The van der Waals surface area contributed by atoms with Crippen LogP contribution in [0.3, 0.4) is 0 Å². The van der Waals surface area contributed by atoms with E-state index in [0.717, 1.165) is 11.8 Å². The molecule has 1 fully saturated rings. The highest BCUT2D eigenvalue weighted by molar-refractivity contribution is 6.23. The van der Waals surface area contributed by atoms with E-state index in [4.69, 9.17) is 0 Å². The number of carbonyl (C=O) groups excluding carboxylic acids is 3. The molecule has 28 heavy (non-hydrogen) atoms. The van der Waals surface area contributed by atoms with Crippen molar-refractivity contribution in [3.63, 3.8) is 0 Å². The Hall–Kier alpha value is -3.73. The average molecular weight is 370 g/mol. The van der Waals surface area contributed by atoms with Gasteiger partial charge in [-0.15, -0.1) is 0 Å². The van der Waals surface area contributed by atoms with E-state index in [1.165, 1.54) is 10.0 Å². The molecule has 3 aromatic carbocycles. The third-order valence-electron chi connectivity index (χ3n) is 4.77. The molecule has 5 nitrogen and oxygen atoms in total. The maximum absolute atomic E-state index is 13.2. The maximum atomic E-state index is 13.2. The number of amides is 2. The number of hydrazine groups is 1. The molecule has 1 saturated heterocycles. The Morgan fingerprint density at radius 2 is 1.14 bits per heavy atom. The van der Waals surface area contributed by atoms with E-state index in [1.54, 1.807) is 24.3 Å². The summed E-state index contributed by atoms with van der Waals surface area (Å²) in [6.45, 7) is 0. The van der Waals surface area contributed by atoms with Gasteiger partial charge in [-0.3, -0.25) is 14.4 Å². The third-order valence-corrected chi connectivity index (χ3v) is 4.77. The fraction of sp³-hybridized carbons (Fsp3) is 0.0870. The zero-order valence-corrected chi connectivity index (χ0v) is 15.1. The topological polar surface area (TPSA) is 57.7 Å². The summed E-state index contributed by atoms with van der Waals surface area (Å²) in [4.78, 5) is 37.3. The van der Waals surface area contributed by atoms with Crippen LogP contribution in [0, 0.1) is 5.92 Å². The van der Waals surface area contributed by atoms with Crippen molar-refractivity contribution < 1.29 is 14.4 Å². The summed E-state index contributed by atoms with van der Waals surface area (Å²) < 4.78 is 0. The van der Waals surface area contributed by atoms with Gasteiger partial charge in [0.25, 0.3) is 11.8 Å². The van der Waals surface area contributed by atoms with E-state index >= 15 is 0 Å². The molecule has 3 aromatic rings. The molecule has 2 amide bonds. The Morgan fingerprint density at radius 3 is 1.57 bits per heavy atom. The molecule has 0 saturated carbocycles. The van der Waals surface area contributed by atoms with Crippen molar-refractivity contribution in [2.45, 2.75) is 6.42 Å². The van der Waals surface area contributed by atoms with Gasteiger partial charge < -0.3 is 0 Å². The van der Waals surface area contributed by atoms with Crippen LogP contribution in [0.25, 0.3) is 0 Å². The van der Waals surface area contributed by atoms with E-state index in [0.29, 0.717) is 16.9 Å². The number of rotatable bonds is 5. The molecule has 0 aromatic heterocycles. The zero-order valence-electron chi connectivity index (χ0n) is 15.1. The molecular weight excluding hydrogens is 352 g/mol. The fourth-order valence-corrected chi connectivity index (χ4v) is 3.36. The first kappa shape index (κ1) is 17.7. The lowest BCUT2D eigenvalue weighted by Crippen LogP contribution is -2.41. The summed E-state index contributed by atoms with van der Waals surface area (Å²) >= 11 is 0. The highest BCUT2D eigenvalue weighted by atomic mass is 16.2. The van der Waals surface area contributed by atoms with Crippen molar-refractivity contribution in [2.75, 3.05) is 10.0 Å². The standard InChI is InChI=1S/C23H18N2O3/c26-16-18-13-11-17(12-14-18)15-21-22(27)24(19-7-3-1-4-8-19)25(23(21)28)20-9-5-2-6-10-20/h1-14,16,21H,15H2. The lowest BCUT2D eigenvalue weighted by atomic mass is 9.98. The van der Waals surface area contributed by atoms with Crippen molar-refractivity contribution in [3.8, 4) is 0 Å². The van der Waals surface area contributed by atoms with Gasteiger partial charge in [-0.25, -0.2) is 10.0 Å². The van der Waals surface area contributed by atoms with E-state index in [9.17, 15) is 14.4 Å². The molecule has 0 spiro atoms. The van der Waals surface area contributed by atoms with Crippen molar-refractivity contribution in [1.82, 2.24) is 0 Å². The number of carbonyl (C=O) groups is 3. The summed E-state index contributed by atoms with van der Waals surface area (Å²) in [5.74, 6) is -1.35. The molecule has 138 valence electrons. The lowest BCUT2D eigenvalue weighted by molar-refractivity contribution is -0.126. The number of para-hydroxylation sites is 2. The summed E-state index contributed by atoms with van der Waals surface area (Å²) in [5.41, 5.74) is 2.68. The Labute approximate surface area is 162 Å². The first-order valence-corrected chi connectivity index (χ1v) is 9.01. The molecule has 0 bridgehead atoms. The molecule has 4 rings (SSSR count). The van der Waals surface area contributed by atoms with Gasteiger partial charge in [-0.05, 0) is 36.2 Å². The molecule has 0 radical (unpaired) electrons. The SMILES string of the molecule is O=Cc1ccc(CC2C(=O)N(c3ccccc3)N(c3ccccc3)C2=O)cc1. The Bertz CT molecular complexity index is 944. The smallest absolute Gasteiger partial charge is 0.259 e. The number of anilines is 2. The summed E-state index contributed by atoms with van der Waals surface area (Å²) in [5, 5.41) is 2.89. The van der Waals surface area contributed by atoms with Crippen molar-refractivity contribution in [3.05, 3.63) is 96.1 Å². The van der Waals surface area contributed by atoms with Gasteiger partial charge in [0.2, 0.25) is 0 Å². The Morgan fingerprint density at radius 1 is 0.679 bits per heavy atom. The molecule has 0 aliphatic carbocycles. The van der Waals surface area contributed by atoms with Crippen LogP contribution in [0.4, 0.5) is 11.4 Å². The quantitative estimate of drug-likeness (QED) is 0.509. The van der Waals surface area contributed by atoms with Gasteiger partial charge in [0.15, 0.2) is 0 Å². The lowest BCUT2D eigenvalue weighted by Gasteiger charge is -2.27. The Balaban J connectivity index is 1.71. The average Bonchev–Trinajstić information content (AvgIpc) is 3.00. The predicted octanol–water partition coefficient (Wildman–Crippen LogP) is 3.65. The first-order chi connectivity index (χ1) is 13.7. The van der Waals surface area contributed by atoms with Crippen LogP contribution in [0.15, 0.2) is 84.9 Å². The number of hydrogen-bond donors (Lipinski definition) is 0. The first-order valence-electron chi connectivity index (χ1n) is 9.01. The predicted molar refractivity (Wildman–Crippen MR) is 107 cm³/mol. The van der Waals surface area contributed by atoms with Crippen molar-refractivity contribution >= 4 is 29.5 Å². The van der Waals surface area contributed by atoms with Gasteiger partial charge >= 0.3 is 0 Å². The van der Waals surface area contributed by atoms with Gasteiger partial charge in [0.1, 0.15) is 12.2 Å².